The number of carbonyl (C=O) groups is 1. The second-order valence-corrected chi connectivity index (χ2v) is 5.39. The van der Waals surface area contributed by atoms with Gasteiger partial charge < -0.3 is 15.4 Å². The van der Waals surface area contributed by atoms with E-state index in [1.807, 2.05) is 6.08 Å². The molecule has 0 spiro atoms. The zero-order chi connectivity index (χ0) is 13.1. The minimum atomic E-state index is -0.324. The molecule has 1 heterocycles. The predicted octanol–water partition coefficient (Wildman–Crippen LogP) is 2.02. The van der Waals surface area contributed by atoms with Crippen molar-refractivity contribution in [2.45, 2.75) is 26.0 Å². The molecule has 0 aromatic rings. The van der Waals surface area contributed by atoms with E-state index in [4.69, 9.17) is 16.3 Å². The Morgan fingerprint density at radius 3 is 3.06 bits per heavy atom. The van der Waals surface area contributed by atoms with Crippen LogP contribution in [0.5, 0.6) is 0 Å². The Kier molecular flexibility index (Phi) is 4.30. The van der Waals surface area contributed by atoms with E-state index in [2.05, 4.69) is 36.6 Å². The van der Waals surface area contributed by atoms with Gasteiger partial charge in [0.15, 0.2) is 0 Å². The minimum Gasteiger partial charge on any atom is -0.443 e. The fourth-order valence-electron chi connectivity index (χ4n) is 2.42. The van der Waals surface area contributed by atoms with Crippen molar-refractivity contribution in [1.82, 2.24) is 10.6 Å². The van der Waals surface area contributed by atoms with Gasteiger partial charge in [-0.2, -0.15) is 0 Å². The molecule has 4 atom stereocenters. The van der Waals surface area contributed by atoms with Gasteiger partial charge in [0.25, 0.3) is 0 Å². The zero-order valence-corrected chi connectivity index (χ0v) is 11.4. The van der Waals surface area contributed by atoms with E-state index < -0.39 is 0 Å². The van der Waals surface area contributed by atoms with Crippen molar-refractivity contribution in [1.29, 1.82) is 0 Å². The molecule has 4 nitrogen and oxygen atoms in total. The average molecular weight is 271 g/mol. The van der Waals surface area contributed by atoms with Gasteiger partial charge in [0, 0.05) is 17.6 Å². The minimum absolute atomic E-state index is 0.0676. The molecule has 0 bridgehead atoms. The third kappa shape index (κ3) is 3.27. The number of cyclic esters (lactones) is 1. The Labute approximate surface area is 112 Å². The van der Waals surface area contributed by atoms with Gasteiger partial charge in [0.05, 0.1) is 6.54 Å². The molecule has 0 radical (unpaired) electrons. The van der Waals surface area contributed by atoms with Crippen LogP contribution in [0.25, 0.3) is 0 Å². The van der Waals surface area contributed by atoms with Gasteiger partial charge >= 0.3 is 6.09 Å². The molecule has 1 fully saturated rings. The lowest BCUT2D eigenvalue weighted by atomic mass is 9.84. The number of hydrogen-bond acceptors (Lipinski definition) is 3. The highest BCUT2D eigenvalue weighted by Gasteiger charge is 2.26. The van der Waals surface area contributed by atoms with Crippen LogP contribution in [-0.4, -0.2) is 31.3 Å². The summed E-state index contributed by atoms with van der Waals surface area (Å²) < 4.78 is 5.08. The van der Waals surface area contributed by atoms with E-state index in [1.54, 1.807) is 0 Å². The van der Waals surface area contributed by atoms with E-state index in [0.29, 0.717) is 31.0 Å². The summed E-state index contributed by atoms with van der Waals surface area (Å²) in [6.45, 7) is 5.56. The third-order valence-electron chi connectivity index (χ3n) is 3.50. The topological polar surface area (TPSA) is 50.4 Å². The highest BCUT2D eigenvalue weighted by atomic mass is 35.5. The second-order valence-electron chi connectivity index (χ2n) is 4.95. The molecule has 0 saturated carbocycles. The Morgan fingerprint density at radius 1 is 1.67 bits per heavy atom. The van der Waals surface area contributed by atoms with Crippen LogP contribution >= 0.6 is 11.6 Å². The van der Waals surface area contributed by atoms with Gasteiger partial charge in [0.1, 0.15) is 6.10 Å². The van der Waals surface area contributed by atoms with Crippen LogP contribution in [0.3, 0.4) is 0 Å². The first kappa shape index (κ1) is 13.4. The van der Waals surface area contributed by atoms with E-state index in [1.165, 1.54) is 0 Å². The first-order valence-corrected chi connectivity index (χ1v) is 6.67. The first-order chi connectivity index (χ1) is 8.56. The van der Waals surface area contributed by atoms with Gasteiger partial charge in [-0.05, 0) is 24.8 Å². The van der Waals surface area contributed by atoms with Crippen LogP contribution in [0, 0.1) is 11.8 Å². The van der Waals surface area contributed by atoms with E-state index in [-0.39, 0.29) is 12.2 Å². The van der Waals surface area contributed by atoms with Crippen LogP contribution in [0.4, 0.5) is 4.79 Å². The number of amides is 1. The fourth-order valence-corrected chi connectivity index (χ4v) is 2.69. The number of hydrogen-bond donors (Lipinski definition) is 2. The molecular formula is C13H19ClN2O2. The smallest absolute Gasteiger partial charge is 0.407 e. The Morgan fingerprint density at radius 2 is 2.44 bits per heavy atom. The predicted molar refractivity (Wildman–Crippen MR) is 71.5 cm³/mol. The van der Waals surface area contributed by atoms with Crippen LogP contribution in [0.2, 0.25) is 0 Å². The van der Waals surface area contributed by atoms with Gasteiger partial charge in [-0.25, -0.2) is 4.79 Å². The number of allylic oxidation sites excluding steroid dienone is 3. The molecule has 1 aliphatic carbocycles. The molecule has 2 unspecified atom stereocenters. The maximum Gasteiger partial charge on any atom is 0.407 e. The number of halogens is 1. The van der Waals surface area contributed by atoms with Gasteiger partial charge in [0.2, 0.25) is 0 Å². The van der Waals surface area contributed by atoms with Crippen LogP contribution in [0.1, 0.15) is 13.8 Å². The highest BCUT2D eigenvalue weighted by Crippen LogP contribution is 2.26. The summed E-state index contributed by atoms with van der Waals surface area (Å²) in [5.74, 6) is 0.826. The molecule has 1 aliphatic heterocycles. The maximum atomic E-state index is 10.9. The molecule has 0 aromatic heterocycles. The number of alkyl carbamates (subject to hydrolysis) is 1. The molecule has 0 aromatic carbocycles. The van der Waals surface area contributed by atoms with Crippen LogP contribution in [0.15, 0.2) is 23.3 Å². The molecule has 1 amide bonds. The van der Waals surface area contributed by atoms with Crippen molar-refractivity contribution in [3.05, 3.63) is 23.3 Å². The Bertz CT molecular complexity index is 381. The molecule has 1 saturated heterocycles. The summed E-state index contributed by atoms with van der Waals surface area (Å²) in [6.07, 6.45) is 5.77. The molecule has 100 valence electrons. The Balaban J connectivity index is 1.80. The van der Waals surface area contributed by atoms with Gasteiger partial charge in [-0.3, -0.25) is 0 Å². The maximum absolute atomic E-state index is 10.9. The summed E-state index contributed by atoms with van der Waals surface area (Å²) in [4.78, 5) is 10.9. The lowest BCUT2D eigenvalue weighted by Crippen LogP contribution is -2.41. The number of nitrogens with one attached hydrogen (secondary N) is 2. The van der Waals surface area contributed by atoms with Crippen molar-refractivity contribution < 1.29 is 9.53 Å². The fraction of sp³-hybridized carbons (Fsp3) is 0.615. The van der Waals surface area contributed by atoms with Gasteiger partial charge in [-0.15, -0.1) is 0 Å². The Hall–Kier alpha value is -1.00. The molecular weight excluding hydrogens is 252 g/mol. The normalized spacial score (nSPS) is 32.7. The monoisotopic (exact) mass is 270 g/mol. The van der Waals surface area contributed by atoms with Crippen molar-refractivity contribution in [3.8, 4) is 0 Å². The summed E-state index contributed by atoms with van der Waals surface area (Å²) >= 11 is 5.97. The molecule has 2 rings (SSSR count). The van der Waals surface area contributed by atoms with Gasteiger partial charge in [-0.1, -0.05) is 30.7 Å². The zero-order valence-electron chi connectivity index (χ0n) is 10.7. The van der Waals surface area contributed by atoms with Crippen molar-refractivity contribution in [2.75, 3.05) is 13.1 Å². The summed E-state index contributed by atoms with van der Waals surface area (Å²) in [7, 11) is 0. The van der Waals surface area contributed by atoms with E-state index >= 15 is 0 Å². The summed E-state index contributed by atoms with van der Waals surface area (Å²) in [5, 5.41) is 6.87. The van der Waals surface area contributed by atoms with Crippen molar-refractivity contribution in [3.63, 3.8) is 0 Å². The van der Waals surface area contributed by atoms with Crippen LogP contribution < -0.4 is 10.6 Å². The molecule has 2 aliphatic rings. The lowest BCUT2D eigenvalue weighted by Gasteiger charge is -2.29. The van der Waals surface area contributed by atoms with E-state index in [9.17, 15) is 4.79 Å². The number of rotatable bonds is 4. The van der Waals surface area contributed by atoms with Crippen LogP contribution in [-0.2, 0) is 4.74 Å². The molecule has 2 N–H and O–H groups in total. The SMILES string of the molecule is CC1C=C(Cl)C=CC1[C@H](C)NC[C@@H]1CNC(=O)O1. The summed E-state index contributed by atoms with van der Waals surface area (Å²) in [6, 6.07) is 0.316. The quantitative estimate of drug-likeness (QED) is 0.822. The average Bonchev–Trinajstić information content (AvgIpc) is 2.72. The number of ether oxygens (including phenoxy) is 1. The third-order valence-corrected chi connectivity index (χ3v) is 3.75. The molecule has 5 heteroatoms. The lowest BCUT2D eigenvalue weighted by molar-refractivity contribution is 0.136. The highest BCUT2D eigenvalue weighted by molar-refractivity contribution is 6.31. The standard InChI is InChI=1S/C13H19ClN2O2/c1-8-5-10(14)3-4-12(8)9(2)15-6-11-7-16-13(17)18-11/h3-5,8-9,11-12,15H,6-7H2,1-2H3,(H,16,17)/t8?,9-,11+,12?/m0/s1. The van der Waals surface area contributed by atoms with E-state index in [0.717, 1.165) is 5.03 Å². The summed E-state index contributed by atoms with van der Waals surface area (Å²) in [5.41, 5.74) is 0. The van der Waals surface area contributed by atoms with Crippen molar-refractivity contribution in [2.24, 2.45) is 11.8 Å². The molecule has 18 heavy (non-hydrogen) atoms. The second kappa shape index (κ2) is 5.76. The van der Waals surface area contributed by atoms with Crippen molar-refractivity contribution >= 4 is 17.7 Å². The first-order valence-electron chi connectivity index (χ1n) is 6.29. The largest absolute Gasteiger partial charge is 0.443 e. The number of carbonyl (C=O) groups excluding carboxylic acids is 1.